The Morgan fingerprint density at radius 3 is 2.94 bits per heavy atom. The van der Waals surface area contributed by atoms with Gasteiger partial charge in [-0.3, -0.25) is 0 Å². The van der Waals surface area contributed by atoms with E-state index in [-0.39, 0.29) is 6.54 Å². The highest BCUT2D eigenvalue weighted by Gasteiger charge is 2.33. The molecule has 4 heteroatoms. The first-order chi connectivity index (χ1) is 7.81. The normalized spacial score (nSPS) is 21.9. The number of fused-ring (bicyclic) bond motifs is 1. The first-order valence-corrected chi connectivity index (χ1v) is 6.28. The highest BCUT2D eigenvalue weighted by Crippen LogP contribution is 2.41. The number of nitrogens with zero attached hydrogens (tertiary/aromatic N) is 2. The van der Waals surface area contributed by atoms with Crippen LogP contribution in [0.5, 0.6) is 0 Å². The minimum absolute atomic E-state index is 0.272. The predicted octanol–water partition coefficient (Wildman–Crippen LogP) is 1.09. The van der Waals surface area contributed by atoms with Gasteiger partial charge in [-0.1, -0.05) is 0 Å². The average Bonchev–Trinajstić information content (AvgIpc) is 3.09. The second-order valence-electron chi connectivity index (χ2n) is 4.94. The SMILES string of the molecule is NCC(O)c1nc(C2CC2)n2c1CCCC2. The van der Waals surface area contributed by atoms with E-state index in [9.17, 15) is 5.11 Å². The molecule has 0 aromatic carbocycles. The van der Waals surface area contributed by atoms with Crippen molar-refractivity contribution in [3.05, 3.63) is 17.2 Å². The summed E-state index contributed by atoms with van der Waals surface area (Å²) in [5.41, 5.74) is 7.63. The van der Waals surface area contributed by atoms with Crippen LogP contribution in [0, 0.1) is 0 Å². The lowest BCUT2D eigenvalue weighted by molar-refractivity contribution is 0.180. The summed E-state index contributed by atoms with van der Waals surface area (Å²) in [5.74, 6) is 1.85. The zero-order chi connectivity index (χ0) is 11.1. The number of aliphatic hydroxyl groups is 1. The molecule has 1 aromatic rings. The molecule has 1 saturated carbocycles. The van der Waals surface area contributed by atoms with Gasteiger partial charge in [-0.15, -0.1) is 0 Å². The Hall–Kier alpha value is -0.870. The van der Waals surface area contributed by atoms with Crippen LogP contribution in [0.4, 0.5) is 0 Å². The van der Waals surface area contributed by atoms with Crippen molar-refractivity contribution in [1.82, 2.24) is 9.55 Å². The molecular formula is C12H19N3O. The lowest BCUT2D eigenvalue weighted by Gasteiger charge is -2.18. The highest BCUT2D eigenvalue weighted by molar-refractivity contribution is 5.25. The minimum atomic E-state index is -0.577. The molecule has 1 fully saturated rings. The van der Waals surface area contributed by atoms with E-state index in [1.54, 1.807) is 0 Å². The Labute approximate surface area is 95.5 Å². The standard InChI is InChI=1S/C12H19N3O/c13-7-10(16)11-9-3-1-2-6-15(9)12(14-11)8-4-5-8/h8,10,16H,1-7,13H2. The van der Waals surface area contributed by atoms with E-state index < -0.39 is 6.10 Å². The van der Waals surface area contributed by atoms with E-state index in [4.69, 9.17) is 5.73 Å². The maximum absolute atomic E-state index is 9.90. The van der Waals surface area contributed by atoms with Crippen LogP contribution in [0.25, 0.3) is 0 Å². The van der Waals surface area contributed by atoms with Gasteiger partial charge in [0.25, 0.3) is 0 Å². The fourth-order valence-electron chi connectivity index (χ4n) is 2.63. The molecule has 1 aromatic heterocycles. The molecule has 4 nitrogen and oxygen atoms in total. The summed E-state index contributed by atoms with van der Waals surface area (Å²) in [5, 5.41) is 9.90. The zero-order valence-corrected chi connectivity index (χ0v) is 9.52. The summed E-state index contributed by atoms with van der Waals surface area (Å²) in [7, 11) is 0. The molecule has 16 heavy (non-hydrogen) atoms. The second kappa shape index (κ2) is 3.86. The van der Waals surface area contributed by atoms with Crippen LogP contribution in [0.3, 0.4) is 0 Å². The minimum Gasteiger partial charge on any atom is -0.385 e. The average molecular weight is 221 g/mol. The van der Waals surface area contributed by atoms with Crippen LogP contribution in [0.1, 0.15) is 54.9 Å². The summed E-state index contributed by atoms with van der Waals surface area (Å²) in [6, 6.07) is 0. The number of hydrogen-bond donors (Lipinski definition) is 2. The molecule has 0 radical (unpaired) electrons. The Morgan fingerprint density at radius 2 is 2.25 bits per heavy atom. The van der Waals surface area contributed by atoms with Gasteiger partial charge < -0.3 is 15.4 Å². The van der Waals surface area contributed by atoms with Gasteiger partial charge in [-0.2, -0.15) is 0 Å². The van der Waals surface area contributed by atoms with Crippen LogP contribution in [-0.2, 0) is 13.0 Å². The second-order valence-corrected chi connectivity index (χ2v) is 4.94. The fraction of sp³-hybridized carbons (Fsp3) is 0.750. The van der Waals surface area contributed by atoms with Gasteiger partial charge in [0.05, 0.1) is 5.69 Å². The number of aliphatic hydroxyl groups excluding tert-OH is 1. The van der Waals surface area contributed by atoms with Crippen molar-refractivity contribution in [1.29, 1.82) is 0 Å². The van der Waals surface area contributed by atoms with E-state index >= 15 is 0 Å². The first-order valence-electron chi connectivity index (χ1n) is 6.28. The number of hydrogen-bond acceptors (Lipinski definition) is 3. The molecule has 0 bridgehead atoms. The molecule has 0 spiro atoms. The van der Waals surface area contributed by atoms with E-state index in [2.05, 4.69) is 9.55 Å². The molecular weight excluding hydrogens is 202 g/mol. The largest absolute Gasteiger partial charge is 0.385 e. The molecule has 3 N–H and O–H groups in total. The van der Waals surface area contributed by atoms with Crippen LogP contribution in [0.2, 0.25) is 0 Å². The molecule has 2 aliphatic rings. The van der Waals surface area contributed by atoms with E-state index in [1.807, 2.05) is 0 Å². The lowest BCUT2D eigenvalue weighted by atomic mass is 10.1. The zero-order valence-electron chi connectivity index (χ0n) is 9.52. The van der Waals surface area contributed by atoms with Crippen molar-refractivity contribution in [2.75, 3.05) is 6.54 Å². The maximum Gasteiger partial charge on any atom is 0.112 e. The fourth-order valence-corrected chi connectivity index (χ4v) is 2.63. The van der Waals surface area contributed by atoms with Gasteiger partial charge in [0, 0.05) is 24.7 Å². The van der Waals surface area contributed by atoms with Gasteiger partial charge in [0.2, 0.25) is 0 Å². The van der Waals surface area contributed by atoms with Crippen LogP contribution >= 0.6 is 0 Å². The van der Waals surface area contributed by atoms with Crippen molar-refractivity contribution in [2.24, 2.45) is 5.73 Å². The number of rotatable bonds is 3. The summed E-state index contributed by atoms with van der Waals surface area (Å²) in [6.07, 6.45) is 5.43. The van der Waals surface area contributed by atoms with Crippen LogP contribution in [0.15, 0.2) is 0 Å². The Balaban J connectivity index is 2.03. The molecule has 1 unspecified atom stereocenters. The van der Waals surface area contributed by atoms with E-state index in [1.165, 1.54) is 37.2 Å². The topological polar surface area (TPSA) is 64.1 Å². The number of nitrogens with two attached hydrogens (primary N) is 1. The van der Waals surface area contributed by atoms with Gasteiger partial charge in [-0.05, 0) is 32.1 Å². The summed E-state index contributed by atoms with van der Waals surface area (Å²) in [6.45, 7) is 1.35. The van der Waals surface area contributed by atoms with Gasteiger partial charge >= 0.3 is 0 Å². The van der Waals surface area contributed by atoms with Gasteiger partial charge in [0.1, 0.15) is 11.9 Å². The van der Waals surface area contributed by atoms with Crippen molar-refractivity contribution in [3.63, 3.8) is 0 Å². The molecule has 1 aliphatic carbocycles. The molecule has 0 amide bonds. The van der Waals surface area contributed by atoms with Crippen molar-refractivity contribution in [2.45, 2.75) is 50.7 Å². The van der Waals surface area contributed by atoms with Crippen LogP contribution < -0.4 is 5.73 Å². The Bertz CT molecular complexity index is 395. The summed E-state index contributed by atoms with van der Waals surface area (Å²) < 4.78 is 2.34. The van der Waals surface area contributed by atoms with Gasteiger partial charge in [0.15, 0.2) is 0 Å². The molecule has 0 saturated heterocycles. The number of aromatic nitrogens is 2. The molecule has 88 valence electrons. The van der Waals surface area contributed by atoms with Crippen molar-refractivity contribution in [3.8, 4) is 0 Å². The van der Waals surface area contributed by atoms with E-state index in [0.29, 0.717) is 5.92 Å². The molecule has 1 atom stereocenters. The summed E-state index contributed by atoms with van der Waals surface area (Å²) in [4.78, 5) is 4.66. The highest BCUT2D eigenvalue weighted by atomic mass is 16.3. The third kappa shape index (κ3) is 1.57. The Kier molecular flexibility index (Phi) is 2.48. The maximum atomic E-state index is 9.90. The smallest absolute Gasteiger partial charge is 0.112 e. The van der Waals surface area contributed by atoms with Crippen molar-refractivity contribution < 1.29 is 5.11 Å². The monoisotopic (exact) mass is 221 g/mol. The van der Waals surface area contributed by atoms with Crippen LogP contribution in [-0.4, -0.2) is 21.2 Å². The number of imidazole rings is 1. The molecule has 1 aliphatic heterocycles. The third-order valence-electron chi connectivity index (χ3n) is 3.66. The molecule has 2 heterocycles. The first kappa shape index (κ1) is 10.3. The quantitative estimate of drug-likeness (QED) is 0.803. The van der Waals surface area contributed by atoms with Gasteiger partial charge in [-0.25, -0.2) is 4.98 Å². The summed E-state index contributed by atoms with van der Waals surface area (Å²) >= 11 is 0. The predicted molar refractivity (Wildman–Crippen MR) is 61.2 cm³/mol. The Morgan fingerprint density at radius 1 is 1.44 bits per heavy atom. The third-order valence-corrected chi connectivity index (χ3v) is 3.66. The van der Waals surface area contributed by atoms with E-state index in [0.717, 1.165) is 18.7 Å². The lowest BCUT2D eigenvalue weighted by Crippen LogP contribution is -2.17. The van der Waals surface area contributed by atoms with Crippen molar-refractivity contribution >= 4 is 0 Å². The molecule has 3 rings (SSSR count).